The van der Waals surface area contributed by atoms with Gasteiger partial charge in [-0.3, -0.25) is 4.79 Å². The van der Waals surface area contributed by atoms with E-state index in [-0.39, 0.29) is 0 Å². The van der Waals surface area contributed by atoms with Crippen LogP contribution in [-0.4, -0.2) is 5.91 Å². The third-order valence-corrected chi connectivity index (χ3v) is 4.84. The second-order valence-corrected chi connectivity index (χ2v) is 5.69. The number of amides is 1. The molecule has 1 rings (SSSR count). The first-order chi connectivity index (χ1) is 7.99. The van der Waals surface area contributed by atoms with Gasteiger partial charge in [0.2, 0.25) is 5.91 Å². The lowest BCUT2D eigenvalue weighted by molar-refractivity contribution is 0.0999. The van der Waals surface area contributed by atoms with Crippen LogP contribution in [0, 0.1) is 0 Å². The number of halogens is 3. The van der Waals surface area contributed by atoms with Gasteiger partial charge in [0.15, 0.2) is 0 Å². The molecule has 0 heterocycles. The number of alkyl halides is 3. The molecule has 0 fully saturated rings. The van der Waals surface area contributed by atoms with Crippen molar-refractivity contribution in [2.75, 3.05) is 11.5 Å². The van der Waals surface area contributed by atoms with Crippen molar-refractivity contribution in [2.45, 2.75) is 13.3 Å². The van der Waals surface area contributed by atoms with E-state index < -0.39 is 5.91 Å². The smallest absolute Gasteiger partial charge is 0.249 e. The third-order valence-electron chi connectivity index (χ3n) is 2.55. The lowest BCUT2D eigenvalue weighted by Gasteiger charge is -2.18. The zero-order chi connectivity index (χ0) is 13.2. The van der Waals surface area contributed by atoms with E-state index in [0.717, 1.165) is 21.1 Å². The molecule has 1 aromatic rings. The quantitative estimate of drug-likeness (QED) is 0.295. The van der Waals surface area contributed by atoms with Crippen LogP contribution in [0.5, 0.6) is 0 Å². The van der Waals surface area contributed by atoms with Crippen LogP contribution < -0.4 is 17.2 Å². The van der Waals surface area contributed by atoms with Crippen molar-refractivity contribution in [1.29, 1.82) is 0 Å². The minimum absolute atomic E-state index is 0.457. The zero-order valence-corrected chi connectivity index (χ0v) is 15.4. The molecule has 6 N–H and O–H groups in total. The first-order valence-electron chi connectivity index (χ1n) is 4.68. The molecule has 0 unspecified atom stereocenters. The molecule has 0 radical (unpaired) electrons. The van der Waals surface area contributed by atoms with Crippen molar-refractivity contribution in [2.24, 2.45) is 5.73 Å². The Hall–Kier alpha value is 0.480. The van der Waals surface area contributed by atoms with Gasteiger partial charge in [0, 0.05) is 30.2 Å². The van der Waals surface area contributed by atoms with Gasteiger partial charge in [-0.15, -0.1) is 0 Å². The summed E-state index contributed by atoms with van der Waals surface area (Å²) in [5, 5.41) is 0. The molecule has 0 spiro atoms. The first kappa shape index (κ1) is 15.5. The van der Waals surface area contributed by atoms with Crippen LogP contribution in [0.4, 0.5) is 11.4 Å². The number of primary amides is 1. The molecule has 0 saturated heterocycles. The summed E-state index contributed by atoms with van der Waals surface area (Å²) in [6.45, 7) is 0. The Bertz CT molecular complexity index is 432. The van der Waals surface area contributed by atoms with Gasteiger partial charge in [0.05, 0.1) is 5.56 Å². The van der Waals surface area contributed by atoms with E-state index in [1.165, 1.54) is 0 Å². The van der Waals surface area contributed by atoms with Gasteiger partial charge in [-0.2, -0.15) is 0 Å². The van der Waals surface area contributed by atoms with E-state index in [4.69, 9.17) is 17.2 Å². The van der Waals surface area contributed by atoms with E-state index in [1.54, 1.807) is 0 Å². The van der Waals surface area contributed by atoms with Gasteiger partial charge in [-0.1, -0.05) is 67.8 Å². The van der Waals surface area contributed by atoms with Crippen molar-refractivity contribution < 1.29 is 4.79 Å². The molecule has 4 nitrogen and oxygen atoms in total. The van der Waals surface area contributed by atoms with Crippen molar-refractivity contribution >= 4 is 85.1 Å². The Kier molecular flexibility index (Phi) is 6.02. The molecule has 0 aliphatic heterocycles. The Labute approximate surface area is 141 Å². The second kappa shape index (κ2) is 6.59. The number of hydrogen-bond donors (Lipinski definition) is 3. The first-order valence-corrected chi connectivity index (χ1v) is 9.26. The molecule has 1 amide bonds. The third kappa shape index (κ3) is 2.91. The van der Waals surface area contributed by atoms with Gasteiger partial charge in [0.1, 0.15) is 0 Å². The highest BCUT2D eigenvalue weighted by Crippen LogP contribution is 2.36. The van der Waals surface area contributed by atoms with Gasteiger partial charge in [-0.25, -0.2) is 0 Å². The predicted molar refractivity (Wildman–Crippen MR) is 97.0 cm³/mol. The van der Waals surface area contributed by atoms with Crippen LogP contribution in [0.2, 0.25) is 0 Å². The van der Waals surface area contributed by atoms with Gasteiger partial charge < -0.3 is 17.2 Å². The molecule has 7 heteroatoms. The summed E-state index contributed by atoms with van der Waals surface area (Å²) in [6.07, 6.45) is 0. The van der Waals surface area contributed by atoms with Gasteiger partial charge in [0.25, 0.3) is 0 Å². The summed E-state index contributed by atoms with van der Waals surface area (Å²) < 4.78 is 2.02. The Morgan fingerprint density at radius 2 is 1.24 bits per heavy atom. The molecular weight excluding hydrogens is 559 g/mol. The molecule has 0 aromatic heterocycles. The summed E-state index contributed by atoms with van der Waals surface area (Å²) >= 11 is 6.58. The molecular formula is C10H12I3N3O. The van der Waals surface area contributed by atoms with E-state index in [1.807, 2.05) is 0 Å². The fourth-order valence-electron chi connectivity index (χ4n) is 1.68. The Morgan fingerprint density at radius 1 is 0.882 bits per heavy atom. The molecule has 0 bridgehead atoms. The normalized spacial score (nSPS) is 10.5. The van der Waals surface area contributed by atoms with E-state index in [2.05, 4.69) is 67.8 Å². The standard InChI is InChI=1S/C10H12I3N3O/c11-1-4-7(10(16)17)5(2-12)9(15)6(3-13)8(4)14/h1-3,14-15H2,(H2,16,17). The van der Waals surface area contributed by atoms with E-state index >= 15 is 0 Å². The van der Waals surface area contributed by atoms with E-state index in [0.29, 0.717) is 25.8 Å². The topological polar surface area (TPSA) is 95.1 Å². The van der Waals surface area contributed by atoms with Crippen molar-refractivity contribution in [3.8, 4) is 0 Å². The minimum Gasteiger partial charge on any atom is -0.398 e. The lowest BCUT2D eigenvalue weighted by Crippen LogP contribution is -2.20. The predicted octanol–water partition coefficient (Wildman–Crippen LogP) is 2.75. The lowest BCUT2D eigenvalue weighted by atomic mass is 9.95. The molecule has 17 heavy (non-hydrogen) atoms. The number of nitrogens with two attached hydrogens (primary N) is 3. The van der Waals surface area contributed by atoms with Crippen LogP contribution in [0.25, 0.3) is 0 Å². The van der Waals surface area contributed by atoms with Crippen molar-refractivity contribution in [3.05, 3.63) is 22.3 Å². The highest BCUT2D eigenvalue weighted by molar-refractivity contribution is 14.1. The van der Waals surface area contributed by atoms with Crippen LogP contribution in [0.3, 0.4) is 0 Å². The van der Waals surface area contributed by atoms with E-state index in [9.17, 15) is 4.79 Å². The van der Waals surface area contributed by atoms with Crippen molar-refractivity contribution in [1.82, 2.24) is 0 Å². The van der Waals surface area contributed by atoms with Crippen LogP contribution in [0.15, 0.2) is 0 Å². The fourth-order valence-corrected chi connectivity index (χ4v) is 4.09. The van der Waals surface area contributed by atoms with Crippen LogP contribution >= 0.6 is 67.8 Å². The Balaban J connectivity index is 3.74. The van der Waals surface area contributed by atoms with Gasteiger partial charge >= 0.3 is 0 Å². The molecule has 0 aliphatic rings. The number of carbonyl (C=O) groups is 1. The average molecular weight is 571 g/mol. The number of carbonyl (C=O) groups excluding carboxylic acids is 1. The SMILES string of the molecule is NC(=O)c1c(CI)c(N)c(CI)c(N)c1CI. The molecule has 1 aromatic carbocycles. The summed E-state index contributed by atoms with van der Waals surface area (Å²) in [5.74, 6) is -0.457. The number of hydrogen-bond acceptors (Lipinski definition) is 3. The maximum Gasteiger partial charge on any atom is 0.249 e. The Morgan fingerprint density at radius 3 is 1.47 bits per heavy atom. The number of nitrogen functional groups attached to an aromatic ring is 2. The van der Waals surface area contributed by atoms with Crippen LogP contribution in [-0.2, 0) is 13.3 Å². The highest BCUT2D eigenvalue weighted by Gasteiger charge is 2.22. The zero-order valence-electron chi connectivity index (χ0n) is 8.90. The molecule has 0 atom stereocenters. The maximum atomic E-state index is 11.6. The monoisotopic (exact) mass is 571 g/mol. The van der Waals surface area contributed by atoms with Crippen molar-refractivity contribution in [3.63, 3.8) is 0 Å². The van der Waals surface area contributed by atoms with Gasteiger partial charge in [-0.05, 0) is 11.1 Å². The second-order valence-electron chi connectivity index (χ2n) is 3.40. The highest BCUT2D eigenvalue weighted by atomic mass is 127. The average Bonchev–Trinajstić information content (AvgIpc) is 2.28. The molecule has 94 valence electrons. The molecule has 0 aliphatic carbocycles. The summed E-state index contributed by atoms with van der Waals surface area (Å²) in [7, 11) is 0. The number of rotatable bonds is 4. The largest absolute Gasteiger partial charge is 0.398 e. The summed E-state index contributed by atoms with van der Waals surface area (Å²) in [5.41, 5.74) is 21.8. The number of anilines is 2. The minimum atomic E-state index is -0.457. The number of benzene rings is 1. The summed E-state index contributed by atoms with van der Waals surface area (Å²) in [6, 6.07) is 0. The molecule has 0 saturated carbocycles. The maximum absolute atomic E-state index is 11.6. The summed E-state index contributed by atoms with van der Waals surface area (Å²) in [4.78, 5) is 11.6. The fraction of sp³-hybridized carbons (Fsp3) is 0.300. The van der Waals surface area contributed by atoms with Crippen LogP contribution in [0.1, 0.15) is 27.0 Å².